The van der Waals surface area contributed by atoms with Crippen LogP contribution in [-0.2, 0) is 6.42 Å². The fraction of sp³-hybridized carbons (Fsp3) is 0.600. The third kappa shape index (κ3) is 7.66. The summed E-state index contributed by atoms with van der Waals surface area (Å²) in [7, 11) is 0. The van der Waals surface area contributed by atoms with Crippen molar-refractivity contribution in [3.63, 3.8) is 0 Å². The molecule has 1 rings (SSSR count). The summed E-state index contributed by atoms with van der Waals surface area (Å²) in [5.74, 6) is 0.452. The minimum atomic E-state index is 0. The molecule has 0 saturated heterocycles. The average molecular weight is 245 g/mol. The molecule has 0 saturated carbocycles. The van der Waals surface area contributed by atoms with Crippen molar-refractivity contribution in [3.05, 3.63) is 29.8 Å². The van der Waals surface area contributed by atoms with Gasteiger partial charge in [0.1, 0.15) is 5.75 Å². The average Bonchev–Trinajstić information content (AvgIpc) is 2.30. The Bertz CT molecular complexity index is 286. The number of unbranched alkanes of at least 4 members (excludes halogenated alkanes) is 6. The van der Waals surface area contributed by atoms with Crippen LogP contribution in [0.5, 0.6) is 5.75 Å². The molecule has 0 aliphatic carbocycles. The maximum atomic E-state index is 9.58. The Morgan fingerprint density at radius 3 is 2.12 bits per heavy atom. The fourth-order valence-electron chi connectivity index (χ4n) is 1.99. The van der Waals surface area contributed by atoms with Crippen LogP contribution in [0.4, 0.5) is 0 Å². The number of hydrogen-bond acceptors (Lipinski definition) is 1. The van der Waals surface area contributed by atoms with Crippen LogP contribution >= 0.6 is 0 Å². The molecule has 2 heteroatoms. The Hall–Kier alpha value is -0.214. The molecule has 0 spiro atoms. The van der Waals surface area contributed by atoms with Crippen molar-refractivity contribution < 1.29 is 5.11 Å². The van der Waals surface area contributed by atoms with Crippen LogP contribution in [0, 0.1) is 0 Å². The van der Waals surface area contributed by atoms with Gasteiger partial charge in [0.2, 0.25) is 0 Å². The molecule has 0 atom stereocenters. The maximum Gasteiger partial charge on any atom is 2.00 e. The molecule has 0 unspecified atom stereocenters. The fourth-order valence-corrected chi connectivity index (χ4v) is 1.99. The van der Waals surface area contributed by atoms with Gasteiger partial charge in [-0.3, -0.25) is 0 Å². The van der Waals surface area contributed by atoms with E-state index in [1.54, 1.807) is 6.07 Å². The van der Waals surface area contributed by atoms with Crippen LogP contribution < -0.4 is 0 Å². The number of rotatable bonds is 8. The summed E-state index contributed by atoms with van der Waals surface area (Å²) in [5.41, 5.74) is 1.09. The minimum Gasteiger partial charge on any atom is -0.508 e. The number of phenols is 1. The van der Waals surface area contributed by atoms with Gasteiger partial charge in [-0.1, -0.05) is 63.6 Å². The Labute approximate surface area is 122 Å². The predicted octanol–water partition coefficient (Wildman–Crippen LogP) is 4.30. The minimum absolute atomic E-state index is 0. The molecular weight excluding hydrogens is 220 g/mol. The van der Waals surface area contributed by atoms with E-state index in [4.69, 9.17) is 0 Å². The molecule has 17 heavy (non-hydrogen) atoms. The number of phenolic OH excluding ortho intramolecular Hbond substituents is 1. The number of aryl methyl sites for hydroxylation is 1. The van der Waals surface area contributed by atoms with Gasteiger partial charge in [-0.05, 0) is 24.5 Å². The SMILES string of the molecule is CCCCCCCCCc1ccccc1O.[Mg+2]. The molecule has 0 aliphatic rings. The quantitative estimate of drug-likeness (QED) is 0.534. The van der Waals surface area contributed by atoms with E-state index in [9.17, 15) is 5.11 Å². The molecule has 0 fully saturated rings. The number of benzene rings is 1. The van der Waals surface area contributed by atoms with Crippen LogP contribution in [0.25, 0.3) is 0 Å². The van der Waals surface area contributed by atoms with E-state index >= 15 is 0 Å². The van der Waals surface area contributed by atoms with Crippen LogP contribution in [0.15, 0.2) is 24.3 Å². The van der Waals surface area contributed by atoms with Gasteiger partial charge in [-0.2, -0.15) is 0 Å². The van der Waals surface area contributed by atoms with E-state index in [0.717, 1.165) is 12.0 Å². The molecule has 1 aromatic carbocycles. The summed E-state index contributed by atoms with van der Waals surface area (Å²) in [6.07, 6.45) is 10.3. The zero-order chi connectivity index (χ0) is 11.6. The van der Waals surface area contributed by atoms with Gasteiger partial charge < -0.3 is 5.11 Å². The number of para-hydroxylation sites is 1. The van der Waals surface area contributed by atoms with Crippen LogP contribution in [0.3, 0.4) is 0 Å². The zero-order valence-electron chi connectivity index (χ0n) is 11.1. The molecule has 0 heterocycles. The van der Waals surface area contributed by atoms with Gasteiger partial charge in [0, 0.05) is 0 Å². The van der Waals surface area contributed by atoms with Gasteiger partial charge in [-0.25, -0.2) is 0 Å². The van der Waals surface area contributed by atoms with Crippen molar-refractivity contribution in [2.24, 2.45) is 0 Å². The van der Waals surface area contributed by atoms with E-state index in [1.165, 1.54) is 44.9 Å². The molecule has 1 nitrogen and oxygen atoms in total. The molecule has 1 N–H and O–H groups in total. The van der Waals surface area contributed by atoms with Crippen molar-refractivity contribution >= 4 is 23.1 Å². The molecule has 0 radical (unpaired) electrons. The van der Waals surface area contributed by atoms with Crippen molar-refractivity contribution in [2.45, 2.75) is 58.3 Å². The standard InChI is InChI=1S/C15H24O.Mg/c1-2-3-4-5-6-7-8-11-14-12-9-10-13-15(14)16;/h9-10,12-13,16H,2-8,11H2,1H3;/q;+2. The van der Waals surface area contributed by atoms with Crippen LogP contribution in [0.2, 0.25) is 0 Å². The number of aromatic hydroxyl groups is 1. The summed E-state index contributed by atoms with van der Waals surface area (Å²) in [4.78, 5) is 0. The first-order chi connectivity index (χ1) is 7.84. The zero-order valence-corrected chi connectivity index (χ0v) is 12.5. The summed E-state index contributed by atoms with van der Waals surface area (Å²) < 4.78 is 0. The van der Waals surface area contributed by atoms with Crippen LogP contribution in [0.1, 0.15) is 57.4 Å². The Morgan fingerprint density at radius 2 is 1.47 bits per heavy atom. The van der Waals surface area contributed by atoms with Crippen molar-refractivity contribution in [2.75, 3.05) is 0 Å². The van der Waals surface area contributed by atoms with E-state index in [2.05, 4.69) is 6.92 Å². The maximum absolute atomic E-state index is 9.58. The largest absolute Gasteiger partial charge is 2.00 e. The van der Waals surface area contributed by atoms with Gasteiger partial charge in [-0.15, -0.1) is 0 Å². The second-order valence-electron chi connectivity index (χ2n) is 4.50. The molecule has 0 amide bonds. The molecule has 0 aromatic heterocycles. The van der Waals surface area contributed by atoms with Gasteiger partial charge in [0.25, 0.3) is 0 Å². The van der Waals surface area contributed by atoms with Crippen LogP contribution in [-0.4, -0.2) is 28.2 Å². The summed E-state index contributed by atoms with van der Waals surface area (Å²) in [6, 6.07) is 7.67. The third-order valence-electron chi connectivity index (χ3n) is 3.04. The first kappa shape index (κ1) is 16.8. The van der Waals surface area contributed by atoms with E-state index in [0.29, 0.717) is 5.75 Å². The second kappa shape index (κ2) is 10.9. The normalized spacial score (nSPS) is 9.94. The topological polar surface area (TPSA) is 20.2 Å². The van der Waals surface area contributed by atoms with E-state index in [-0.39, 0.29) is 23.1 Å². The second-order valence-corrected chi connectivity index (χ2v) is 4.50. The molecule has 90 valence electrons. The van der Waals surface area contributed by atoms with Crippen molar-refractivity contribution in [3.8, 4) is 5.75 Å². The molecule has 1 aromatic rings. The van der Waals surface area contributed by atoms with E-state index in [1.807, 2.05) is 18.2 Å². The summed E-state index contributed by atoms with van der Waals surface area (Å²) >= 11 is 0. The Kier molecular flexibility index (Phi) is 10.8. The Morgan fingerprint density at radius 1 is 0.882 bits per heavy atom. The first-order valence-electron chi connectivity index (χ1n) is 6.61. The van der Waals surface area contributed by atoms with Gasteiger partial charge >= 0.3 is 23.1 Å². The molecular formula is C15H24MgO+2. The van der Waals surface area contributed by atoms with Gasteiger partial charge in [0.05, 0.1) is 0 Å². The number of hydrogen-bond donors (Lipinski definition) is 1. The van der Waals surface area contributed by atoms with E-state index < -0.39 is 0 Å². The van der Waals surface area contributed by atoms with Crippen molar-refractivity contribution in [1.29, 1.82) is 0 Å². The smallest absolute Gasteiger partial charge is 0.508 e. The Balaban J connectivity index is 0.00000256. The third-order valence-corrected chi connectivity index (χ3v) is 3.04. The molecule has 0 aliphatic heterocycles. The monoisotopic (exact) mass is 244 g/mol. The van der Waals surface area contributed by atoms with Gasteiger partial charge in [0.15, 0.2) is 0 Å². The van der Waals surface area contributed by atoms with Crippen molar-refractivity contribution in [1.82, 2.24) is 0 Å². The summed E-state index contributed by atoms with van der Waals surface area (Å²) in [6.45, 7) is 2.25. The summed E-state index contributed by atoms with van der Waals surface area (Å²) in [5, 5.41) is 9.58. The predicted molar refractivity (Wildman–Crippen MR) is 75.6 cm³/mol. The first-order valence-corrected chi connectivity index (χ1v) is 6.61. The molecule has 0 bridgehead atoms.